The third-order valence-corrected chi connectivity index (χ3v) is 3.42. The van der Waals surface area contributed by atoms with Gasteiger partial charge in [-0.1, -0.05) is 6.92 Å². The van der Waals surface area contributed by atoms with Gasteiger partial charge in [-0.25, -0.2) is 0 Å². The van der Waals surface area contributed by atoms with Crippen LogP contribution < -0.4 is 5.32 Å². The maximum Gasteiger partial charge on any atom is 0.0866 e. The Hall–Kier alpha value is -0.590. The van der Waals surface area contributed by atoms with Gasteiger partial charge in [0.15, 0.2) is 0 Å². The fraction of sp³-hybridized carbons (Fsp3) is 0.917. The molecule has 2 atom stereocenters. The Labute approximate surface area is 92.4 Å². The Kier molecular flexibility index (Phi) is 3.61. The molecule has 2 rings (SSSR count). The molecule has 1 saturated carbocycles. The van der Waals surface area contributed by atoms with Gasteiger partial charge < -0.3 is 5.32 Å². The number of nitriles is 1. The SMILES string of the molecule is CC1CC(NCC2CC2)CN(CC#N)C1. The zero-order valence-electron chi connectivity index (χ0n) is 9.58. The van der Waals surface area contributed by atoms with Crippen molar-refractivity contribution >= 4 is 0 Å². The lowest BCUT2D eigenvalue weighted by Gasteiger charge is -2.35. The third kappa shape index (κ3) is 3.48. The zero-order valence-corrected chi connectivity index (χ0v) is 9.58. The minimum atomic E-state index is 0.589. The van der Waals surface area contributed by atoms with Crippen molar-refractivity contribution < 1.29 is 0 Å². The van der Waals surface area contributed by atoms with Gasteiger partial charge in [0, 0.05) is 19.1 Å². The molecule has 1 heterocycles. The number of hydrogen-bond donors (Lipinski definition) is 1. The lowest BCUT2D eigenvalue weighted by Crippen LogP contribution is -2.49. The number of likely N-dealkylation sites (tertiary alicyclic amines) is 1. The van der Waals surface area contributed by atoms with E-state index in [4.69, 9.17) is 5.26 Å². The van der Waals surface area contributed by atoms with Crippen LogP contribution in [0.4, 0.5) is 0 Å². The van der Waals surface area contributed by atoms with E-state index in [2.05, 4.69) is 23.2 Å². The number of rotatable bonds is 4. The van der Waals surface area contributed by atoms with Crippen LogP contribution in [0.1, 0.15) is 26.2 Å². The summed E-state index contributed by atoms with van der Waals surface area (Å²) in [6.45, 7) is 6.22. The third-order valence-electron chi connectivity index (χ3n) is 3.42. The lowest BCUT2D eigenvalue weighted by molar-refractivity contribution is 0.164. The van der Waals surface area contributed by atoms with Gasteiger partial charge in [0.2, 0.25) is 0 Å². The fourth-order valence-electron chi connectivity index (χ4n) is 2.49. The van der Waals surface area contributed by atoms with Crippen molar-refractivity contribution in [1.29, 1.82) is 5.26 Å². The lowest BCUT2D eigenvalue weighted by atomic mass is 9.96. The van der Waals surface area contributed by atoms with Crippen molar-refractivity contribution in [1.82, 2.24) is 10.2 Å². The molecule has 0 spiro atoms. The number of piperidine rings is 1. The molecular formula is C12H21N3. The summed E-state index contributed by atoms with van der Waals surface area (Å²) in [6.07, 6.45) is 4.10. The summed E-state index contributed by atoms with van der Waals surface area (Å²) < 4.78 is 0. The molecule has 0 amide bonds. The average Bonchev–Trinajstić information content (AvgIpc) is 2.98. The van der Waals surface area contributed by atoms with Crippen LogP contribution in [-0.4, -0.2) is 37.1 Å². The second-order valence-corrected chi connectivity index (χ2v) is 5.24. The summed E-state index contributed by atoms with van der Waals surface area (Å²) in [5, 5.41) is 12.4. The maximum absolute atomic E-state index is 8.71. The molecule has 1 N–H and O–H groups in total. The van der Waals surface area contributed by atoms with Gasteiger partial charge in [-0.05, 0) is 37.6 Å². The second kappa shape index (κ2) is 4.96. The molecule has 15 heavy (non-hydrogen) atoms. The van der Waals surface area contributed by atoms with Crippen molar-refractivity contribution in [2.24, 2.45) is 11.8 Å². The molecule has 0 bridgehead atoms. The maximum atomic E-state index is 8.71. The highest BCUT2D eigenvalue weighted by atomic mass is 15.2. The molecule has 1 saturated heterocycles. The summed E-state index contributed by atoms with van der Waals surface area (Å²) in [7, 11) is 0. The Bertz CT molecular complexity index is 242. The highest BCUT2D eigenvalue weighted by Crippen LogP contribution is 2.28. The zero-order chi connectivity index (χ0) is 10.7. The molecule has 3 heteroatoms. The van der Waals surface area contributed by atoms with Gasteiger partial charge in [0.25, 0.3) is 0 Å². The molecule has 1 aliphatic carbocycles. The molecule has 2 unspecified atom stereocenters. The second-order valence-electron chi connectivity index (χ2n) is 5.24. The molecule has 3 nitrogen and oxygen atoms in total. The summed E-state index contributed by atoms with van der Waals surface area (Å²) in [6, 6.07) is 2.87. The van der Waals surface area contributed by atoms with Crippen molar-refractivity contribution in [3.8, 4) is 6.07 Å². The van der Waals surface area contributed by atoms with Crippen LogP contribution in [0.2, 0.25) is 0 Å². The van der Waals surface area contributed by atoms with E-state index in [9.17, 15) is 0 Å². The Morgan fingerprint density at radius 1 is 1.40 bits per heavy atom. The van der Waals surface area contributed by atoms with Crippen LogP contribution in [0, 0.1) is 23.2 Å². The monoisotopic (exact) mass is 207 g/mol. The first-order chi connectivity index (χ1) is 7.28. The van der Waals surface area contributed by atoms with Crippen LogP contribution in [0.5, 0.6) is 0 Å². The first kappa shape index (κ1) is 10.9. The van der Waals surface area contributed by atoms with E-state index < -0.39 is 0 Å². The van der Waals surface area contributed by atoms with E-state index in [1.807, 2.05) is 0 Å². The molecule has 1 aliphatic heterocycles. The highest BCUT2D eigenvalue weighted by molar-refractivity contribution is 4.88. The first-order valence-electron chi connectivity index (χ1n) is 6.10. The Balaban J connectivity index is 1.74. The summed E-state index contributed by atoms with van der Waals surface area (Å²) in [4.78, 5) is 2.28. The highest BCUT2D eigenvalue weighted by Gasteiger charge is 2.27. The minimum Gasteiger partial charge on any atom is -0.312 e. The van der Waals surface area contributed by atoms with E-state index in [-0.39, 0.29) is 0 Å². The number of hydrogen-bond acceptors (Lipinski definition) is 3. The van der Waals surface area contributed by atoms with Crippen molar-refractivity contribution in [2.75, 3.05) is 26.2 Å². The van der Waals surface area contributed by atoms with Crippen LogP contribution in [-0.2, 0) is 0 Å². The smallest absolute Gasteiger partial charge is 0.0866 e. The largest absolute Gasteiger partial charge is 0.312 e. The van der Waals surface area contributed by atoms with Crippen molar-refractivity contribution in [3.63, 3.8) is 0 Å². The van der Waals surface area contributed by atoms with Gasteiger partial charge in [-0.15, -0.1) is 0 Å². The van der Waals surface area contributed by atoms with E-state index in [0.717, 1.165) is 24.9 Å². The number of nitrogens with zero attached hydrogens (tertiary/aromatic N) is 2. The normalized spacial score (nSPS) is 32.5. The quantitative estimate of drug-likeness (QED) is 0.705. The molecule has 0 aromatic rings. The van der Waals surface area contributed by atoms with E-state index in [1.165, 1.54) is 25.8 Å². The summed E-state index contributed by atoms with van der Waals surface area (Å²) in [5.74, 6) is 1.68. The van der Waals surface area contributed by atoms with Gasteiger partial charge >= 0.3 is 0 Å². The van der Waals surface area contributed by atoms with Gasteiger partial charge in [0.05, 0.1) is 12.6 Å². The molecular weight excluding hydrogens is 186 g/mol. The summed E-state index contributed by atoms with van der Waals surface area (Å²) in [5.41, 5.74) is 0. The summed E-state index contributed by atoms with van der Waals surface area (Å²) >= 11 is 0. The predicted molar refractivity (Wildman–Crippen MR) is 60.3 cm³/mol. The molecule has 2 aliphatic rings. The average molecular weight is 207 g/mol. The van der Waals surface area contributed by atoms with Crippen LogP contribution in [0.25, 0.3) is 0 Å². The van der Waals surface area contributed by atoms with E-state index in [0.29, 0.717) is 12.6 Å². The van der Waals surface area contributed by atoms with E-state index >= 15 is 0 Å². The van der Waals surface area contributed by atoms with Crippen LogP contribution in [0.15, 0.2) is 0 Å². The molecule has 2 fully saturated rings. The van der Waals surface area contributed by atoms with E-state index in [1.54, 1.807) is 0 Å². The molecule has 0 radical (unpaired) electrons. The molecule has 0 aromatic carbocycles. The predicted octanol–water partition coefficient (Wildman–Crippen LogP) is 1.22. The van der Waals surface area contributed by atoms with Gasteiger partial charge in [0.1, 0.15) is 0 Å². The topological polar surface area (TPSA) is 39.1 Å². The van der Waals surface area contributed by atoms with Gasteiger partial charge in [-0.2, -0.15) is 5.26 Å². The molecule has 84 valence electrons. The number of nitrogens with one attached hydrogen (secondary N) is 1. The minimum absolute atomic E-state index is 0.589. The van der Waals surface area contributed by atoms with Crippen LogP contribution >= 0.6 is 0 Å². The van der Waals surface area contributed by atoms with Crippen molar-refractivity contribution in [3.05, 3.63) is 0 Å². The molecule has 0 aromatic heterocycles. The Morgan fingerprint density at radius 3 is 2.87 bits per heavy atom. The fourth-order valence-corrected chi connectivity index (χ4v) is 2.49. The van der Waals surface area contributed by atoms with Crippen molar-refractivity contribution in [2.45, 2.75) is 32.2 Å². The van der Waals surface area contributed by atoms with Gasteiger partial charge in [-0.3, -0.25) is 4.90 Å². The standard InChI is InChI=1S/C12H21N3/c1-10-6-12(14-7-11-2-3-11)9-15(8-10)5-4-13/h10-12,14H,2-3,5-9H2,1H3. The first-order valence-corrected chi connectivity index (χ1v) is 6.10. The van der Waals surface area contributed by atoms with Crippen LogP contribution in [0.3, 0.4) is 0 Å². The Morgan fingerprint density at radius 2 is 2.20 bits per heavy atom.